The second kappa shape index (κ2) is 22.2. The largest absolute Gasteiger partial charge is 0.394 e. The molecule has 0 radical (unpaired) electrons. The molecule has 3 saturated carbocycles. The first kappa shape index (κ1) is 56.6. The monoisotopic (exact) mass is 1050 g/mol. The van der Waals surface area contributed by atoms with Gasteiger partial charge >= 0.3 is 0 Å². The first-order chi connectivity index (χ1) is 34.6. The summed E-state index contributed by atoms with van der Waals surface area (Å²) in [7, 11) is 1.72. The zero-order valence-corrected chi connectivity index (χ0v) is 42.8. The summed E-state index contributed by atoms with van der Waals surface area (Å²) in [6.07, 6.45) is -18.3. The van der Waals surface area contributed by atoms with Crippen molar-refractivity contribution < 1.29 is 109 Å². The van der Waals surface area contributed by atoms with Gasteiger partial charge in [0.05, 0.1) is 44.7 Å². The number of allylic oxidation sites excluding steroid dienone is 1. The van der Waals surface area contributed by atoms with Crippen molar-refractivity contribution >= 4 is 0 Å². The molecule has 22 heteroatoms. The summed E-state index contributed by atoms with van der Waals surface area (Å²) in [5.41, 5.74) is 1.20. The molecule has 0 spiro atoms. The Hall–Kier alpha value is -1.14. The molecule has 0 unspecified atom stereocenters. The first-order valence-corrected chi connectivity index (χ1v) is 26.7. The maximum Gasteiger partial charge on any atom is 0.187 e. The summed E-state index contributed by atoms with van der Waals surface area (Å²) >= 11 is 0. The van der Waals surface area contributed by atoms with Crippen LogP contribution in [0.5, 0.6) is 0 Å². The summed E-state index contributed by atoms with van der Waals surface area (Å²) in [4.78, 5) is 0. The van der Waals surface area contributed by atoms with Crippen LogP contribution in [0.3, 0.4) is 0 Å². The molecule has 12 N–H and O–H groups in total. The molecule has 9 rings (SSSR count). The van der Waals surface area contributed by atoms with E-state index in [-0.39, 0.29) is 47.9 Å². The van der Waals surface area contributed by atoms with Crippen LogP contribution in [0.2, 0.25) is 0 Å². The van der Waals surface area contributed by atoms with E-state index >= 15 is 0 Å². The number of fused-ring (bicyclic) bond motifs is 7. The smallest absolute Gasteiger partial charge is 0.187 e. The van der Waals surface area contributed by atoms with Crippen LogP contribution >= 0.6 is 0 Å². The lowest BCUT2D eigenvalue weighted by molar-refractivity contribution is -0.385. The number of methoxy groups -OCH3 is 1. The number of rotatable bonds is 15. The lowest BCUT2D eigenvalue weighted by Gasteiger charge is -2.58. The van der Waals surface area contributed by atoms with Gasteiger partial charge in [-0.25, -0.2) is 0 Å². The molecule has 8 fully saturated rings. The fourth-order valence-corrected chi connectivity index (χ4v) is 15.0. The Labute approximate surface area is 426 Å². The van der Waals surface area contributed by atoms with Gasteiger partial charge in [0.25, 0.3) is 0 Å². The normalized spacial score (nSPS) is 54.5. The molecular weight excluding hydrogens is 965 g/mol. The minimum Gasteiger partial charge on any atom is -0.394 e. The van der Waals surface area contributed by atoms with Crippen LogP contribution in [0.25, 0.3) is 0 Å². The maximum absolute atomic E-state index is 12.0. The van der Waals surface area contributed by atoms with Gasteiger partial charge in [-0.2, -0.15) is 0 Å². The summed E-state index contributed by atoms with van der Waals surface area (Å²) in [6.45, 7) is 9.23. The van der Waals surface area contributed by atoms with E-state index in [4.69, 9.17) is 47.4 Å². The molecule has 0 aromatic carbocycles. The van der Waals surface area contributed by atoms with Gasteiger partial charge in [-0.1, -0.05) is 39.3 Å². The van der Waals surface area contributed by atoms with Crippen LogP contribution in [-0.4, -0.2) is 230 Å². The Morgan fingerprint density at radius 1 is 0.699 bits per heavy atom. The van der Waals surface area contributed by atoms with Crippen LogP contribution in [0.1, 0.15) is 92.4 Å². The molecular formula is C51H84O22. The highest BCUT2D eigenvalue weighted by Gasteiger charge is 2.68. The Morgan fingerprint density at radius 3 is 2.08 bits per heavy atom. The summed E-state index contributed by atoms with van der Waals surface area (Å²) in [5, 5.41) is 126. The Kier molecular flexibility index (Phi) is 17.2. The molecule has 0 aromatic heterocycles. The molecule has 0 amide bonds. The predicted molar refractivity (Wildman–Crippen MR) is 249 cm³/mol. The van der Waals surface area contributed by atoms with Crippen molar-refractivity contribution in [3.05, 3.63) is 11.6 Å². The number of aliphatic hydroxyl groups is 12. The lowest BCUT2D eigenvalue weighted by atomic mass is 9.47. The predicted octanol–water partition coefficient (Wildman–Crippen LogP) is -1.71. The standard InChI is InChI=1S/C51H84O22/c1-21(19-65-45-40(61)38(59)36(57)31(17-52)69-45)9-14-51(64-6)22(2)33-30(73-51)16-28-26-8-7-24-15-25(10-12-49(24,4)27(26)11-13-50(28,33)5)68-48-44(72-47-41(62)37(58)34(55)23(3)67-47)42(63)43(32(18-53)70-48)71-46-39(60)35(56)29(54)20-66-46/h7,21-23,25-48,52-63H,8-20H2,1-6H3/t21-,22+,23+,25+,26-,27+,28-,29-,30+,31-,32-,33+,34+,35+,36-,37-,38+,39-,40-,41-,42+,43-,44-,45-,46+,47+,48-,49+,50+,51-/m1/s1. The average Bonchev–Trinajstić information content (AvgIpc) is 3.83. The van der Waals surface area contributed by atoms with E-state index in [2.05, 4.69) is 26.8 Å². The van der Waals surface area contributed by atoms with Crippen LogP contribution in [-0.2, 0) is 47.4 Å². The number of ether oxygens (including phenoxy) is 10. The quantitative estimate of drug-likeness (QED) is 0.0813. The van der Waals surface area contributed by atoms with Crippen molar-refractivity contribution in [1.29, 1.82) is 0 Å². The van der Waals surface area contributed by atoms with E-state index in [1.54, 1.807) is 7.11 Å². The van der Waals surface area contributed by atoms with Crippen LogP contribution in [0, 0.1) is 46.3 Å². The Morgan fingerprint density at radius 2 is 1.37 bits per heavy atom. The highest BCUT2D eigenvalue weighted by Crippen LogP contribution is 2.70. The Bertz CT molecular complexity index is 1880. The van der Waals surface area contributed by atoms with Gasteiger partial charge in [0.2, 0.25) is 0 Å². The zero-order chi connectivity index (χ0) is 52.6. The zero-order valence-electron chi connectivity index (χ0n) is 42.8. The fraction of sp³-hybridized carbons (Fsp3) is 0.961. The van der Waals surface area contributed by atoms with E-state index in [9.17, 15) is 61.3 Å². The van der Waals surface area contributed by atoms with Crippen LogP contribution in [0.15, 0.2) is 11.6 Å². The van der Waals surface area contributed by atoms with E-state index in [1.165, 1.54) is 12.5 Å². The molecule has 9 aliphatic rings. The first-order valence-electron chi connectivity index (χ1n) is 26.7. The number of hydrogen-bond acceptors (Lipinski definition) is 22. The SMILES string of the molecule is CO[C@]1(CC[C@@H](C)CO[C@@H]2O[C@H](CO)[C@@H](O)[C@H](O)[C@H]2O)O[C@H]2C[C@@H]3[C@@H]4CC=C5C[C@@H](O[C@@H]6O[C@H](CO)[C@@H](O[C@@H]7OC[C@@H](O)[C@H](O)[C@H]7O)[C@H](O)[C@H]6O[C@@H]6O[C@@H](C)[C@H](O)[C@@H](O)[C@H]6O)CC[C@]5(C)[C@H]4CC[C@]3(C)[C@H]2[C@@H]1C. The van der Waals surface area contributed by atoms with Crippen molar-refractivity contribution in [3.63, 3.8) is 0 Å². The third-order valence-electron chi connectivity index (χ3n) is 19.4. The number of hydrogen-bond donors (Lipinski definition) is 12. The van der Waals surface area contributed by atoms with E-state index in [0.29, 0.717) is 43.4 Å². The number of aliphatic hydroxyl groups excluding tert-OH is 12. The molecule has 30 atom stereocenters. The average molecular weight is 1050 g/mol. The maximum atomic E-state index is 12.0. The van der Waals surface area contributed by atoms with Gasteiger partial charge in [0.15, 0.2) is 30.9 Å². The van der Waals surface area contributed by atoms with Crippen molar-refractivity contribution in [3.8, 4) is 0 Å². The molecule has 4 aliphatic carbocycles. The molecule has 0 aromatic rings. The fourth-order valence-electron chi connectivity index (χ4n) is 15.0. The van der Waals surface area contributed by atoms with Gasteiger partial charge in [-0.3, -0.25) is 0 Å². The van der Waals surface area contributed by atoms with Gasteiger partial charge in [0.1, 0.15) is 85.5 Å². The van der Waals surface area contributed by atoms with Gasteiger partial charge < -0.3 is 109 Å². The van der Waals surface area contributed by atoms with Crippen LogP contribution < -0.4 is 0 Å². The van der Waals surface area contributed by atoms with Crippen molar-refractivity contribution in [2.24, 2.45) is 46.3 Å². The molecule has 22 nitrogen and oxygen atoms in total. The van der Waals surface area contributed by atoms with Gasteiger partial charge in [-0.15, -0.1) is 0 Å². The summed E-state index contributed by atoms with van der Waals surface area (Å²) in [5.74, 6) is 0.894. The van der Waals surface area contributed by atoms with Gasteiger partial charge in [-0.05, 0) is 98.7 Å². The van der Waals surface area contributed by atoms with Crippen LogP contribution in [0.4, 0.5) is 0 Å². The van der Waals surface area contributed by atoms with E-state index in [0.717, 1.165) is 32.1 Å². The van der Waals surface area contributed by atoms with E-state index in [1.807, 2.05) is 6.92 Å². The van der Waals surface area contributed by atoms with Crippen molar-refractivity contribution in [2.75, 3.05) is 33.5 Å². The molecule has 5 aliphatic heterocycles. The third kappa shape index (κ3) is 10.2. The molecule has 0 bridgehead atoms. The highest BCUT2D eigenvalue weighted by atomic mass is 16.8. The second-order valence-corrected chi connectivity index (χ2v) is 23.6. The lowest BCUT2D eigenvalue weighted by Crippen LogP contribution is -2.66. The minimum atomic E-state index is -1.74. The van der Waals surface area contributed by atoms with Crippen molar-refractivity contribution in [2.45, 2.75) is 227 Å². The highest BCUT2D eigenvalue weighted by molar-refractivity contribution is 5.26. The topological polar surface area (TPSA) is 335 Å². The third-order valence-corrected chi connectivity index (χ3v) is 19.4. The van der Waals surface area contributed by atoms with Crippen molar-refractivity contribution in [1.82, 2.24) is 0 Å². The summed E-state index contributed by atoms with van der Waals surface area (Å²) in [6, 6.07) is 0. The summed E-state index contributed by atoms with van der Waals surface area (Å²) < 4.78 is 61.1. The minimum absolute atomic E-state index is 0.00549. The van der Waals surface area contributed by atoms with Gasteiger partial charge in [0, 0.05) is 19.4 Å². The molecule has 420 valence electrons. The second-order valence-electron chi connectivity index (χ2n) is 23.6. The molecule has 5 saturated heterocycles. The molecule has 73 heavy (non-hydrogen) atoms. The Balaban J connectivity index is 0.851. The molecule has 5 heterocycles. The van der Waals surface area contributed by atoms with E-state index < -0.39 is 142 Å².